The second kappa shape index (κ2) is 3.88. The molecule has 1 aliphatic heterocycles. The van der Waals surface area contributed by atoms with Gasteiger partial charge in [0.25, 0.3) is 0 Å². The van der Waals surface area contributed by atoms with E-state index in [4.69, 9.17) is 5.26 Å². The summed E-state index contributed by atoms with van der Waals surface area (Å²) in [6, 6.07) is 2.65. The fourth-order valence-electron chi connectivity index (χ4n) is 2.48. The maximum atomic E-state index is 9.18. The van der Waals surface area contributed by atoms with E-state index in [0.29, 0.717) is 17.9 Å². The molecular formula is C11H18N2O. The number of hydrogen-bond donors (Lipinski definition) is 1. The predicted octanol–water partition coefficient (Wildman–Crippen LogP) is 1.14. The van der Waals surface area contributed by atoms with Crippen molar-refractivity contribution >= 4 is 0 Å². The summed E-state index contributed by atoms with van der Waals surface area (Å²) in [4.78, 5) is 2.38. The molecule has 3 nitrogen and oxygen atoms in total. The van der Waals surface area contributed by atoms with E-state index in [9.17, 15) is 5.11 Å². The van der Waals surface area contributed by atoms with Gasteiger partial charge in [0.05, 0.1) is 12.7 Å². The Bertz CT molecular complexity index is 242. The summed E-state index contributed by atoms with van der Waals surface area (Å²) in [6.45, 7) is 2.42. The smallest absolute Gasteiger partial charge is 0.0628 e. The van der Waals surface area contributed by atoms with Gasteiger partial charge in [-0.3, -0.25) is 4.90 Å². The van der Waals surface area contributed by atoms with Gasteiger partial charge in [0.2, 0.25) is 0 Å². The topological polar surface area (TPSA) is 47.3 Å². The van der Waals surface area contributed by atoms with Crippen molar-refractivity contribution < 1.29 is 5.11 Å². The van der Waals surface area contributed by atoms with Crippen molar-refractivity contribution in [2.75, 3.05) is 19.7 Å². The fraction of sp³-hybridized carbons (Fsp3) is 0.909. The molecule has 2 rings (SSSR count). The van der Waals surface area contributed by atoms with E-state index in [1.165, 1.54) is 19.3 Å². The van der Waals surface area contributed by atoms with Gasteiger partial charge in [-0.1, -0.05) is 0 Å². The minimum Gasteiger partial charge on any atom is -0.395 e. The number of hydrogen-bond acceptors (Lipinski definition) is 3. The van der Waals surface area contributed by atoms with Gasteiger partial charge in [-0.2, -0.15) is 5.26 Å². The summed E-state index contributed by atoms with van der Waals surface area (Å²) in [7, 11) is 0. The van der Waals surface area contributed by atoms with Crippen LogP contribution >= 0.6 is 0 Å². The molecule has 3 heteroatoms. The number of aliphatic hydroxyl groups is 1. The first-order valence-corrected chi connectivity index (χ1v) is 5.51. The Balaban J connectivity index is 1.88. The normalized spacial score (nSPS) is 30.1. The minimum atomic E-state index is 0.280. The van der Waals surface area contributed by atoms with Crippen molar-refractivity contribution in [2.24, 2.45) is 5.41 Å². The molecule has 1 saturated heterocycles. The molecule has 1 heterocycles. The van der Waals surface area contributed by atoms with E-state index < -0.39 is 0 Å². The molecule has 1 aliphatic carbocycles. The van der Waals surface area contributed by atoms with E-state index in [1.807, 2.05) is 0 Å². The standard InChI is InChI=1S/C11H18N2O/c12-6-5-11(3-4-11)9-13-7-1-2-10(13)8-14/h10,14H,1-5,7-9H2/t10-/m0/s1. The van der Waals surface area contributed by atoms with Gasteiger partial charge >= 0.3 is 0 Å². The quantitative estimate of drug-likeness (QED) is 0.730. The second-order valence-corrected chi connectivity index (χ2v) is 4.78. The summed E-state index contributed by atoms with van der Waals surface area (Å²) in [5.74, 6) is 0. The maximum absolute atomic E-state index is 9.18. The Hall–Kier alpha value is -0.590. The van der Waals surface area contributed by atoms with Gasteiger partial charge in [-0.25, -0.2) is 0 Å². The van der Waals surface area contributed by atoms with Gasteiger partial charge in [0.1, 0.15) is 0 Å². The van der Waals surface area contributed by atoms with E-state index in [2.05, 4.69) is 11.0 Å². The van der Waals surface area contributed by atoms with Crippen LogP contribution in [-0.4, -0.2) is 35.7 Å². The Morgan fingerprint density at radius 3 is 2.86 bits per heavy atom. The van der Waals surface area contributed by atoms with Gasteiger partial charge in [0.15, 0.2) is 0 Å². The summed E-state index contributed by atoms with van der Waals surface area (Å²) in [5.41, 5.74) is 0.298. The van der Waals surface area contributed by atoms with E-state index in [1.54, 1.807) is 0 Å². The number of likely N-dealkylation sites (tertiary alicyclic amines) is 1. The van der Waals surface area contributed by atoms with Crippen LogP contribution in [0.25, 0.3) is 0 Å². The van der Waals surface area contributed by atoms with Crippen LogP contribution in [0.1, 0.15) is 32.1 Å². The first kappa shape index (κ1) is 9.95. The first-order chi connectivity index (χ1) is 6.79. The predicted molar refractivity (Wildman–Crippen MR) is 53.6 cm³/mol. The van der Waals surface area contributed by atoms with Crippen molar-refractivity contribution in [3.63, 3.8) is 0 Å². The van der Waals surface area contributed by atoms with Crippen molar-refractivity contribution in [3.8, 4) is 6.07 Å². The molecule has 14 heavy (non-hydrogen) atoms. The van der Waals surface area contributed by atoms with Crippen LogP contribution in [0, 0.1) is 16.7 Å². The van der Waals surface area contributed by atoms with Gasteiger partial charge < -0.3 is 5.11 Å². The Morgan fingerprint density at radius 2 is 2.29 bits per heavy atom. The van der Waals surface area contributed by atoms with Crippen LogP contribution in [0.3, 0.4) is 0 Å². The van der Waals surface area contributed by atoms with Crippen molar-refractivity contribution in [3.05, 3.63) is 0 Å². The maximum Gasteiger partial charge on any atom is 0.0628 e. The molecule has 0 radical (unpaired) electrons. The third kappa shape index (κ3) is 1.92. The fourth-order valence-corrected chi connectivity index (χ4v) is 2.48. The number of nitrogens with zero attached hydrogens (tertiary/aromatic N) is 2. The summed E-state index contributed by atoms with van der Waals surface area (Å²) < 4.78 is 0. The Kier molecular flexibility index (Phi) is 2.76. The highest BCUT2D eigenvalue weighted by atomic mass is 16.3. The average Bonchev–Trinajstić information content (AvgIpc) is 2.79. The Labute approximate surface area is 85.3 Å². The molecule has 0 aromatic carbocycles. The lowest BCUT2D eigenvalue weighted by Crippen LogP contribution is -2.36. The zero-order chi connectivity index (χ0) is 10.0. The monoisotopic (exact) mass is 194 g/mol. The van der Waals surface area contributed by atoms with Crippen molar-refractivity contribution in [2.45, 2.75) is 38.1 Å². The van der Waals surface area contributed by atoms with Crippen LogP contribution in [0.2, 0.25) is 0 Å². The largest absolute Gasteiger partial charge is 0.395 e. The van der Waals surface area contributed by atoms with Crippen LogP contribution in [0.4, 0.5) is 0 Å². The van der Waals surface area contributed by atoms with Crippen LogP contribution in [-0.2, 0) is 0 Å². The lowest BCUT2D eigenvalue weighted by Gasteiger charge is -2.26. The average molecular weight is 194 g/mol. The van der Waals surface area contributed by atoms with Crippen molar-refractivity contribution in [1.29, 1.82) is 5.26 Å². The lowest BCUT2D eigenvalue weighted by atomic mass is 10.0. The molecule has 0 unspecified atom stereocenters. The molecule has 0 aromatic heterocycles. The van der Waals surface area contributed by atoms with Crippen LogP contribution < -0.4 is 0 Å². The highest BCUT2D eigenvalue weighted by Crippen LogP contribution is 2.49. The molecular weight excluding hydrogens is 176 g/mol. The minimum absolute atomic E-state index is 0.280. The third-order valence-corrected chi connectivity index (χ3v) is 3.66. The SMILES string of the molecule is N#CCC1(CN2CCC[C@H]2CO)CC1. The third-order valence-electron chi connectivity index (χ3n) is 3.66. The van der Waals surface area contributed by atoms with Gasteiger partial charge in [0, 0.05) is 19.0 Å². The van der Waals surface area contributed by atoms with E-state index in [-0.39, 0.29) is 6.61 Å². The molecule has 1 N–H and O–H groups in total. The number of nitriles is 1. The molecule has 0 amide bonds. The first-order valence-electron chi connectivity index (χ1n) is 5.51. The zero-order valence-corrected chi connectivity index (χ0v) is 8.58. The van der Waals surface area contributed by atoms with Crippen LogP contribution in [0.5, 0.6) is 0 Å². The van der Waals surface area contributed by atoms with E-state index >= 15 is 0 Å². The molecule has 2 aliphatic rings. The molecule has 78 valence electrons. The summed E-state index contributed by atoms with van der Waals surface area (Å²) in [6.07, 6.45) is 5.43. The van der Waals surface area contributed by atoms with Gasteiger partial charge in [-0.05, 0) is 37.6 Å². The van der Waals surface area contributed by atoms with Crippen LogP contribution in [0.15, 0.2) is 0 Å². The molecule has 1 saturated carbocycles. The zero-order valence-electron chi connectivity index (χ0n) is 8.58. The van der Waals surface area contributed by atoms with Gasteiger partial charge in [-0.15, -0.1) is 0 Å². The number of rotatable bonds is 4. The molecule has 1 atom stereocenters. The Morgan fingerprint density at radius 1 is 1.50 bits per heavy atom. The summed E-state index contributed by atoms with van der Waals surface area (Å²) >= 11 is 0. The number of aliphatic hydroxyl groups excluding tert-OH is 1. The molecule has 0 spiro atoms. The molecule has 2 fully saturated rings. The highest BCUT2D eigenvalue weighted by Gasteiger charge is 2.45. The van der Waals surface area contributed by atoms with E-state index in [0.717, 1.165) is 19.5 Å². The molecule has 0 bridgehead atoms. The van der Waals surface area contributed by atoms with Crippen molar-refractivity contribution in [1.82, 2.24) is 4.90 Å². The lowest BCUT2D eigenvalue weighted by molar-refractivity contribution is 0.137. The molecule has 0 aromatic rings. The second-order valence-electron chi connectivity index (χ2n) is 4.78. The summed E-state index contributed by atoms with van der Waals surface area (Å²) in [5, 5.41) is 17.9. The highest BCUT2D eigenvalue weighted by molar-refractivity contribution is 5.02.